The van der Waals surface area contributed by atoms with E-state index in [1.54, 1.807) is 36.4 Å². The molecule has 0 bridgehead atoms. The molecule has 9 heteroatoms. The average molecular weight is 631 g/mol. The molecule has 8 nitrogen and oxygen atoms in total. The van der Waals surface area contributed by atoms with E-state index >= 15 is 0 Å². The fraction of sp³-hybridized carbons (Fsp3) is 0.222. The van der Waals surface area contributed by atoms with Gasteiger partial charge in [-0.3, -0.25) is 19.8 Å². The third-order valence-corrected chi connectivity index (χ3v) is 5.46. The molecule has 0 saturated carbocycles. The Morgan fingerprint density at radius 1 is 0.578 bits per heavy atom. The van der Waals surface area contributed by atoms with Crippen LogP contribution in [0.4, 0.5) is 11.6 Å². The van der Waals surface area contributed by atoms with Crippen molar-refractivity contribution in [3.05, 3.63) is 120 Å². The lowest BCUT2D eigenvalue weighted by molar-refractivity contribution is 0.102. The maximum Gasteiger partial charge on any atom is 0.256 e. The number of amides is 1. The highest BCUT2D eigenvalue weighted by molar-refractivity contribution is 6.67. The molecule has 2 aromatic heterocycles. The maximum absolute atomic E-state index is 12.0. The van der Waals surface area contributed by atoms with Crippen molar-refractivity contribution in [2.75, 3.05) is 11.1 Å². The van der Waals surface area contributed by atoms with Gasteiger partial charge in [-0.15, -0.1) is 0 Å². The van der Waals surface area contributed by atoms with E-state index in [-0.39, 0.29) is 5.91 Å². The monoisotopic (exact) mass is 630 g/mol. The molecule has 4 aromatic carbocycles. The summed E-state index contributed by atoms with van der Waals surface area (Å²) in [5.74, 6) is 0.961. The summed E-state index contributed by atoms with van der Waals surface area (Å²) in [6, 6.07) is 33.2. The second-order valence-electron chi connectivity index (χ2n) is 7.73. The number of nitrogens with zero attached hydrogens (tertiary/aromatic N) is 2. The smallest absolute Gasteiger partial charge is 0.256 e. The highest BCUT2D eigenvalue weighted by atomic mass is 35.5. The van der Waals surface area contributed by atoms with Crippen molar-refractivity contribution in [1.29, 1.82) is 0 Å². The number of carbonyl (C=O) groups excluding carboxylic acids is 2. The van der Waals surface area contributed by atoms with Crippen LogP contribution >= 0.6 is 11.6 Å². The molecular formula is C36H47ClN6O2. The number of nitrogens with one attached hydrogen (secondary N) is 3. The van der Waals surface area contributed by atoms with Gasteiger partial charge in [0.05, 0.1) is 11.0 Å². The molecule has 6 rings (SSSR count). The van der Waals surface area contributed by atoms with Gasteiger partial charge in [0.15, 0.2) is 11.6 Å². The number of fused-ring (bicyclic) bond motifs is 2. The Bertz CT molecular complexity index is 1620. The van der Waals surface area contributed by atoms with Gasteiger partial charge in [-0.1, -0.05) is 128 Å². The van der Waals surface area contributed by atoms with Crippen LogP contribution in [0.5, 0.6) is 0 Å². The molecule has 0 aliphatic carbocycles. The Kier molecular flexibility index (Phi) is 21.8. The third-order valence-electron chi connectivity index (χ3n) is 5.24. The lowest BCUT2D eigenvalue weighted by atomic mass is 10.2. The number of benzene rings is 4. The molecule has 45 heavy (non-hydrogen) atoms. The number of halogens is 1. The summed E-state index contributed by atoms with van der Waals surface area (Å²) in [5, 5.41) is 17.9. The number of hydrogen-bond donors (Lipinski definition) is 4. The number of nitrogen functional groups attached to an aromatic ring is 1. The van der Waals surface area contributed by atoms with Crippen LogP contribution in [0.3, 0.4) is 0 Å². The third kappa shape index (κ3) is 13.5. The number of carbonyl (C=O) groups is 2. The quantitative estimate of drug-likeness (QED) is 0.145. The second kappa shape index (κ2) is 24.5. The van der Waals surface area contributed by atoms with E-state index in [2.05, 4.69) is 25.7 Å². The minimum absolute atomic E-state index is 0.159. The van der Waals surface area contributed by atoms with E-state index < -0.39 is 5.24 Å². The molecule has 0 spiro atoms. The highest BCUT2D eigenvalue weighted by Crippen LogP contribution is 2.20. The number of aromatic nitrogens is 4. The Morgan fingerprint density at radius 3 is 1.44 bits per heavy atom. The molecule has 2 heterocycles. The fourth-order valence-corrected chi connectivity index (χ4v) is 3.51. The highest BCUT2D eigenvalue weighted by Gasteiger charge is 2.10. The minimum Gasteiger partial charge on any atom is -0.382 e. The second-order valence-corrected chi connectivity index (χ2v) is 8.08. The summed E-state index contributed by atoms with van der Waals surface area (Å²) >= 11 is 5.16. The molecule has 0 atom stereocenters. The number of rotatable bonds is 3. The van der Waals surface area contributed by atoms with Crippen LogP contribution in [0.15, 0.2) is 109 Å². The van der Waals surface area contributed by atoms with E-state index in [0.29, 0.717) is 22.8 Å². The summed E-state index contributed by atoms with van der Waals surface area (Å²) in [6.07, 6.45) is 0. The molecule has 6 aromatic rings. The number of anilines is 2. The van der Waals surface area contributed by atoms with E-state index in [0.717, 1.165) is 21.8 Å². The van der Waals surface area contributed by atoms with Gasteiger partial charge in [0, 0.05) is 21.9 Å². The first-order valence-corrected chi connectivity index (χ1v) is 15.6. The summed E-state index contributed by atoms with van der Waals surface area (Å²) in [5.41, 5.74) is 8.58. The van der Waals surface area contributed by atoms with Crippen molar-refractivity contribution in [3.8, 4) is 0 Å². The van der Waals surface area contributed by atoms with Gasteiger partial charge >= 0.3 is 0 Å². The first kappa shape index (κ1) is 40.1. The Labute approximate surface area is 272 Å². The number of H-pyrrole nitrogens is 2. The number of nitrogens with two attached hydrogens (primary N) is 1. The first-order chi connectivity index (χ1) is 22.0. The van der Waals surface area contributed by atoms with Crippen molar-refractivity contribution in [2.24, 2.45) is 0 Å². The zero-order valence-electron chi connectivity index (χ0n) is 27.6. The minimum atomic E-state index is -0.407. The normalized spacial score (nSPS) is 8.82. The molecule has 1 amide bonds. The van der Waals surface area contributed by atoms with E-state index in [1.165, 1.54) is 0 Å². The van der Waals surface area contributed by atoms with Crippen LogP contribution in [0, 0.1) is 0 Å². The Hall–Kier alpha value is -4.95. The predicted octanol–water partition coefficient (Wildman–Crippen LogP) is 10.1. The average Bonchev–Trinajstić information content (AvgIpc) is 3.72. The molecule has 0 unspecified atom stereocenters. The van der Waals surface area contributed by atoms with Crippen molar-refractivity contribution >= 4 is 56.2 Å². The molecule has 240 valence electrons. The van der Waals surface area contributed by atoms with Crippen LogP contribution in [-0.4, -0.2) is 31.5 Å². The molecule has 0 radical (unpaired) electrons. The van der Waals surface area contributed by atoms with E-state index in [4.69, 9.17) is 17.3 Å². The summed E-state index contributed by atoms with van der Waals surface area (Å²) in [4.78, 5) is 22.4. The first-order valence-electron chi connectivity index (χ1n) is 15.3. The molecule has 5 N–H and O–H groups in total. The molecule has 0 aliphatic rings. The van der Waals surface area contributed by atoms with Gasteiger partial charge in [0.25, 0.3) is 11.1 Å². The van der Waals surface area contributed by atoms with Crippen LogP contribution in [0.2, 0.25) is 0 Å². The fourth-order valence-electron chi connectivity index (χ4n) is 3.38. The Morgan fingerprint density at radius 2 is 0.978 bits per heavy atom. The molecular weight excluding hydrogens is 584 g/mol. The SMILES string of the molecule is CC.CC.CC.CC.Nc1n[nH]c2ccccc12.O=C(Cl)c1ccccc1.O=C(Nc1n[nH]c2ccccc12)c1ccccc1. The summed E-state index contributed by atoms with van der Waals surface area (Å²) < 4.78 is 0. The van der Waals surface area contributed by atoms with Crippen molar-refractivity contribution < 1.29 is 9.59 Å². The van der Waals surface area contributed by atoms with Gasteiger partial charge in [-0.05, 0) is 48.0 Å². The Balaban J connectivity index is 0.000000615. The lowest BCUT2D eigenvalue weighted by Crippen LogP contribution is -2.12. The van der Waals surface area contributed by atoms with Gasteiger partial charge in [-0.25, -0.2) is 0 Å². The van der Waals surface area contributed by atoms with Crippen LogP contribution in [-0.2, 0) is 0 Å². The summed E-state index contributed by atoms with van der Waals surface area (Å²) in [7, 11) is 0. The van der Waals surface area contributed by atoms with Crippen molar-refractivity contribution in [3.63, 3.8) is 0 Å². The van der Waals surface area contributed by atoms with E-state index in [9.17, 15) is 9.59 Å². The van der Waals surface area contributed by atoms with Crippen molar-refractivity contribution in [1.82, 2.24) is 20.4 Å². The van der Waals surface area contributed by atoms with Gasteiger partial charge in [0.1, 0.15) is 0 Å². The summed E-state index contributed by atoms with van der Waals surface area (Å²) in [6.45, 7) is 16.0. The molecule has 0 saturated heterocycles. The number of para-hydroxylation sites is 2. The predicted molar refractivity (Wildman–Crippen MR) is 193 cm³/mol. The van der Waals surface area contributed by atoms with E-state index in [1.807, 2.05) is 128 Å². The molecule has 0 aliphatic heterocycles. The van der Waals surface area contributed by atoms with Gasteiger partial charge < -0.3 is 11.1 Å². The number of hydrogen-bond acceptors (Lipinski definition) is 5. The number of aromatic amines is 2. The largest absolute Gasteiger partial charge is 0.382 e. The van der Waals surface area contributed by atoms with Gasteiger partial charge in [0.2, 0.25) is 0 Å². The zero-order chi connectivity index (χ0) is 34.0. The molecule has 0 fully saturated rings. The van der Waals surface area contributed by atoms with Gasteiger partial charge in [-0.2, -0.15) is 10.2 Å². The van der Waals surface area contributed by atoms with Crippen LogP contribution in [0.1, 0.15) is 76.1 Å². The van der Waals surface area contributed by atoms with Crippen LogP contribution < -0.4 is 11.1 Å². The zero-order valence-corrected chi connectivity index (χ0v) is 28.3. The topological polar surface area (TPSA) is 130 Å². The lowest BCUT2D eigenvalue weighted by Gasteiger charge is -2.01. The maximum atomic E-state index is 12.0. The standard InChI is InChI=1S/C14H11N3O.C7H5ClO.C7H7N3.4C2H6/c18-14(10-6-2-1-3-7-10)15-13-11-8-4-5-9-12(11)16-17-13;8-7(9)6-4-2-1-3-5-6;8-7-5-3-1-2-4-6(5)9-10-7;4*1-2/h1-9H,(H2,15,16,17,18);1-5H;1-4H,(H3,8,9,10);4*1-2H3. The van der Waals surface area contributed by atoms with Crippen molar-refractivity contribution in [2.45, 2.75) is 55.4 Å². The van der Waals surface area contributed by atoms with Crippen LogP contribution in [0.25, 0.3) is 21.8 Å².